The quantitative estimate of drug-likeness (QED) is 0.491. The van der Waals surface area contributed by atoms with Crippen LogP contribution in [0, 0.1) is 17.0 Å². The molecule has 0 amide bonds. The Morgan fingerprint density at radius 3 is 2.55 bits per heavy atom. The van der Waals surface area contributed by atoms with Gasteiger partial charge in [-0.05, 0) is 18.6 Å². The second-order valence-electron chi connectivity index (χ2n) is 4.62. The maximum Gasteiger partial charge on any atom is 0.340 e. The highest BCUT2D eigenvalue weighted by Gasteiger charge is 2.17. The summed E-state index contributed by atoms with van der Waals surface area (Å²) in [7, 11) is 1.22. The number of esters is 1. The van der Waals surface area contributed by atoms with Gasteiger partial charge in [0.25, 0.3) is 5.69 Å². The molecule has 0 bridgehead atoms. The zero-order chi connectivity index (χ0) is 16.1. The molecular formula is C16H14N2O4. The molecule has 0 aliphatic carbocycles. The van der Waals surface area contributed by atoms with Gasteiger partial charge in [0.15, 0.2) is 0 Å². The summed E-state index contributed by atoms with van der Waals surface area (Å²) in [6.07, 6.45) is 4.52. The molecule has 112 valence electrons. The number of benzene rings is 1. The van der Waals surface area contributed by atoms with Crippen LogP contribution in [-0.2, 0) is 4.74 Å². The average Bonchev–Trinajstić information content (AvgIpc) is 2.53. The second-order valence-corrected chi connectivity index (χ2v) is 4.62. The highest BCUT2D eigenvalue weighted by atomic mass is 16.6. The number of nitro groups is 1. The highest BCUT2D eigenvalue weighted by molar-refractivity contribution is 5.94. The largest absolute Gasteiger partial charge is 0.465 e. The summed E-state index contributed by atoms with van der Waals surface area (Å²) in [5.74, 6) is -0.667. The Bertz CT molecular complexity index is 736. The van der Waals surface area contributed by atoms with Crippen molar-refractivity contribution in [1.82, 2.24) is 4.98 Å². The van der Waals surface area contributed by atoms with E-state index in [1.54, 1.807) is 12.2 Å². The van der Waals surface area contributed by atoms with E-state index in [0.717, 1.165) is 23.4 Å². The van der Waals surface area contributed by atoms with E-state index in [1.807, 2.05) is 31.2 Å². The van der Waals surface area contributed by atoms with E-state index in [9.17, 15) is 14.9 Å². The Labute approximate surface area is 127 Å². The smallest absolute Gasteiger partial charge is 0.340 e. The normalized spacial score (nSPS) is 10.6. The molecule has 0 saturated heterocycles. The number of hydrogen-bond acceptors (Lipinski definition) is 5. The van der Waals surface area contributed by atoms with Crippen molar-refractivity contribution in [1.29, 1.82) is 0 Å². The molecule has 0 spiro atoms. The van der Waals surface area contributed by atoms with Gasteiger partial charge in [-0.2, -0.15) is 0 Å². The lowest BCUT2D eigenvalue weighted by molar-refractivity contribution is -0.385. The Balaban J connectivity index is 2.39. The molecule has 0 N–H and O–H groups in total. The minimum Gasteiger partial charge on any atom is -0.465 e. The van der Waals surface area contributed by atoms with Crippen molar-refractivity contribution in [2.24, 2.45) is 0 Å². The van der Waals surface area contributed by atoms with E-state index in [4.69, 9.17) is 0 Å². The summed E-state index contributed by atoms with van der Waals surface area (Å²) < 4.78 is 4.64. The van der Waals surface area contributed by atoms with E-state index < -0.39 is 10.9 Å². The van der Waals surface area contributed by atoms with Crippen LogP contribution in [0.25, 0.3) is 12.2 Å². The first-order valence-corrected chi connectivity index (χ1v) is 6.49. The molecule has 0 radical (unpaired) electrons. The highest BCUT2D eigenvalue weighted by Crippen LogP contribution is 2.18. The Hall–Kier alpha value is -3.02. The molecule has 6 nitrogen and oxygen atoms in total. The van der Waals surface area contributed by atoms with Crippen molar-refractivity contribution < 1.29 is 14.5 Å². The first-order valence-electron chi connectivity index (χ1n) is 6.49. The maximum atomic E-state index is 11.7. The monoisotopic (exact) mass is 298 g/mol. The number of pyridine rings is 1. The first kappa shape index (κ1) is 15.4. The molecule has 0 atom stereocenters. The van der Waals surface area contributed by atoms with Crippen molar-refractivity contribution in [2.75, 3.05) is 7.11 Å². The summed E-state index contributed by atoms with van der Waals surface area (Å²) in [5.41, 5.74) is 2.19. The summed E-state index contributed by atoms with van der Waals surface area (Å²) in [6, 6.07) is 8.94. The summed E-state index contributed by atoms with van der Waals surface area (Å²) in [4.78, 5) is 25.9. The molecule has 22 heavy (non-hydrogen) atoms. The molecule has 0 unspecified atom stereocenters. The zero-order valence-electron chi connectivity index (χ0n) is 12.1. The minimum absolute atomic E-state index is 0.0556. The molecule has 0 aliphatic rings. The molecular weight excluding hydrogens is 284 g/mol. The SMILES string of the molecule is COC(=O)c1cc([N+](=O)[O-])cnc1/C=C/c1ccc(C)cc1. The van der Waals surface area contributed by atoms with Crippen LogP contribution in [0.5, 0.6) is 0 Å². The summed E-state index contributed by atoms with van der Waals surface area (Å²) >= 11 is 0. The van der Waals surface area contributed by atoms with Gasteiger partial charge in [-0.1, -0.05) is 35.9 Å². The molecule has 1 aromatic carbocycles. The van der Waals surface area contributed by atoms with Gasteiger partial charge < -0.3 is 4.74 Å². The van der Waals surface area contributed by atoms with Gasteiger partial charge in [-0.15, -0.1) is 0 Å². The van der Waals surface area contributed by atoms with Gasteiger partial charge in [0, 0.05) is 6.07 Å². The maximum absolute atomic E-state index is 11.7. The van der Waals surface area contributed by atoms with Crippen molar-refractivity contribution in [2.45, 2.75) is 6.92 Å². The Morgan fingerprint density at radius 2 is 1.95 bits per heavy atom. The second kappa shape index (κ2) is 6.62. The number of methoxy groups -OCH3 is 1. The zero-order valence-corrected chi connectivity index (χ0v) is 12.1. The molecule has 0 aliphatic heterocycles. The predicted octanol–water partition coefficient (Wildman–Crippen LogP) is 3.26. The van der Waals surface area contributed by atoms with Gasteiger partial charge in [-0.3, -0.25) is 10.1 Å². The van der Waals surface area contributed by atoms with Gasteiger partial charge in [0.2, 0.25) is 0 Å². The van der Waals surface area contributed by atoms with Crippen LogP contribution >= 0.6 is 0 Å². The van der Waals surface area contributed by atoms with Crippen molar-refractivity contribution >= 4 is 23.8 Å². The fourth-order valence-corrected chi connectivity index (χ4v) is 1.82. The number of rotatable bonds is 4. The van der Waals surface area contributed by atoms with E-state index >= 15 is 0 Å². The lowest BCUT2D eigenvalue weighted by Gasteiger charge is -2.03. The Morgan fingerprint density at radius 1 is 1.27 bits per heavy atom. The number of carbonyl (C=O) groups is 1. The number of ether oxygens (including phenoxy) is 1. The lowest BCUT2D eigenvalue weighted by Crippen LogP contribution is -2.06. The topological polar surface area (TPSA) is 82.3 Å². The fraction of sp³-hybridized carbons (Fsp3) is 0.125. The third-order valence-corrected chi connectivity index (χ3v) is 3.03. The predicted molar refractivity (Wildman–Crippen MR) is 82.3 cm³/mol. The van der Waals surface area contributed by atoms with Crippen LogP contribution in [-0.4, -0.2) is 23.0 Å². The molecule has 2 aromatic rings. The number of hydrogen-bond donors (Lipinski definition) is 0. The molecule has 1 aromatic heterocycles. The standard InChI is InChI=1S/C16H14N2O4/c1-11-3-5-12(6-4-11)7-8-15-14(16(19)22-2)9-13(10-17-15)18(20)21/h3-10H,1-2H3/b8-7+. The van der Waals surface area contributed by atoms with E-state index in [1.165, 1.54) is 7.11 Å². The van der Waals surface area contributed by atoms with Crippen molar-refractivity contribution in [3.63, 3.8) is 0 Å². The van der Waals surface area contributed by atoms with E-state index in [2.05, 4.69) is 9.72 Å². The lowest BCUT2D eigenvalue weighted by atomic mass is 10.1. The number of aryl methyl sites for hydroxylation is 1. The van der Waals surface area contributed by atoms with Crippen LogP contribution in [0.2, 0.25) is 0 Å². The third kappa shape index (κ3) is 3.54. The number of nitrogens with zero attached hydrogens (tertiary/aromatic N) is 2. The minimum atomic E-state index is -0.667. The third-order valence-electron chi connectivity index (χ3n) is 3.03. The summed E-state index contributed by atoms with van der Waals surface area (Å²) in [5, 5.41) is 10.8. The summed E-state index contributed by atoms with van der Waals surface area (Å²) in [6.45, 7) is 1.99. The van der Waals surface area contributed by atoms with Crippen molar-refractivity contribution in [3.05, 3.63) is 69.0 Å². The average molecular weight is 298 g/mol. The molecule has 0 saturated carbocycles. The number of aromatic nitrogens is 1. The van der Waals surface area contributed by atoms with E-state index in [-0.39, 0.29) is 11.3 Å². The van der Waals surface area contributed by atoms with Crippen LogP contribution < -0.4 is 0 Å². The molecule has 2 rings (SSSR count). The molecule has 1 heterocycles. The number of carbonyl (C=O) groups excluding carboxylic acids is 1. The Kier molecular flexibility index (Phi) is 4.63. The van der Waals surface area contributed by atoms with Gasteiger partial charge in [0.05, 0.1) is 23.3 Å². The van der Waals surface area contributed by atoms with Gasteiger partial charge in [-0.25, -0.2) is 9.78 Å². The molecule has 6 heteroatoms. The van der Waals surface area contributed by atoms with Gasteiger partial charge >= 0.3 is 5.97 Å². The van der Waals surface area contributed by atoms with Gasteiger partial charge in [0.1, 0.15) is 6.20 Å². The van der Waals surface area contributed by atoms with Crippen LogP contribution in [0.15, 0.2) is 36.5 Å². The fourth-order valence-electron chi connectivity index (χ4n) is 1.82. The van der Waals surface area contributed by atoms with Crippen molar-refractivity contribution in [3.8, 4) is 0 Å². The van der Waals surface area contributed by atoms with Crippen LogP contribution in [0.1, 0.15) is 27.2 Å². The van der Waals surface area contributed by atoms with Crippen LogP contribution in [0.3, 0.4) is 0 Å². The van der Waals surface area contributed by atoms with E-state index in [0.29, 0.717) is 5.69 Å². The first-order chi connectivity index (χ1) is 10.5. The van der Waals surface area contributed by atoms with Crippen LogP contribution in [0.4, 0.5) is 5.69 Å². The molecule has 0 fully saturated rings.